The molecule has 160 valence electrons. The van der Waals surface area contributed by atoms with Gasteiger partial charge in [-0.1, -0.05) is 42.5 Å². The Labute approximate surface area is 190 Å². The number of aliphatic imine (C=N–C) groups is 1. The molecule has 0 aliphatic heterocycles. The van der Waals surface area contributed by atoms with Crippen LogP contribution in [0.5, 0.6) is 0 Å². The molecule has 0 saturated carbocycles. The summed E-state index contributed by atoms with van der Waals surface area (Å²) in [5.41, 5.74) is 2.03. The Morgan fingerprint density at radius 2 is 1.79 bits per heavy atom. The largest absolute Gasteiger partial charge is 0.383 e. The minimum atomic E-state index is -3.55. The molecular formula is C20H29IN4O3S. The first-order valence-electron chi connectivity index (χ1n) is 8.99. The van der Waals surface area contributed by atoms with E-state index in [0.29, 0.717) is 13.2 Å². The number of hydrogen-bond donors (Lipinski definition) is 2. The number of guanidine groups is 1. The summed E-state index contributed by atoms with van der Waals surface area (Å²) < 4.78 is 32.1. The zero-order valence-electron chi connectivity index (χ0n) is 17.0. The van der Waals surface area contributed by atoms with Crippen LogP contribution in [0.3, 0.4) is 0 Å². The highest BCUT2D eigenvalue weighted by Crippen LogP contribution is 2.11. The lowest BCUT2D eigenvalue weighted by atomic mass is 10.2. The van der Waals surface area contributed by atoms with Gasteiger partial charge < -0.3 is 15.0 Å². The Kier molecular flexibility index (Phi) is 11.2. The van der Waals surface area contributed by atoms with Crippen molar-refractivity contribution in [2.24, 2.45) is 4.99 Å². The molecule has 0 amide bonds. The van der Waals surface area contributed by atoms with Crippen LogP contribution >= 0.6 is 24.0 Å². The Balaban J connectivity index is 0.00000420. The number of nitrogens with one attached hydrogen (secondary N) is 2. The van der Waals surface area contributed by atoms with Gasteiger partial charge in [0.25, 0.3) is 0 Å². The normalized spacial score (nSPS) is 11.6. The van der Waals surface area contributed by atoms with Crippen LogP contribution in [0.15, 0.2) is 64.5 Å². The summed E-state index contributed by atoms with van der Waals surface area (Å²) in [4.78, 5) is 6.56. The minimum absolute atomic E-state index is 0. The molecule has 0 aliphatic rings. The van der Waals surface area contributed by atoms with E-state index in [1.54, 1.807) is 25.2 Å². The van der Waals surface area contributed by atoms with Crippen LogP contribution in [0.4, 0.5) is 0 Å². The zero-order valence-corrected chi connectivity index (χ0v) is 20.1. The highest BCUT2D eigenvalue weighted by atomic mass is 127. The molecular weight excluding hydrogens is 503 g/mol. The molecule has 29 heavy (non-hydrogen) atoms. The van der Waals surface area contributed by atoms with E-state index in [4.69, 9.17) is 4.74 Å². The number of methoxy groups -OCH3 is 1. The second-order valence-electron chi connectivity index (χ2n) is 6.28. The van der Waals surface area contributed by atoms with Gasteiger partial charge in [-0.3, -0.25) is 4.99 Å². The van der Waals surface area contributed by atoms with Crippen molar-refractivity contribution in [2.75, 3.05) is 34.4 Å². The second-order valence-corrected chi connectivity index (χ2v) is 8.05. The first-order chi connectivity index (χ1) is 13.5. The lowest BCUT2D eigenvalue weighted by molar-refractivity contribution is 0.204. The maximum Gasteiger partial charge on any atom is 0.240 e. The van der Waals surface area contributed by atoms with Crippen molar-refractivity contribution in [3.63, 3.8) is 0 Å². The smallest absolute Gasteiger partial charge is 0.240 e. The molecule has 0 atom stereocenters. The molecule has 7 nitrogen and oxygen atoms in total. The lowest BCUT2D eigenvalue weighted by Crippen LogP contribution is -2.38. The fourth-order valence-corrected chi connectivity index (χ4v) is 3.77. The molecule has 0 heterocycles. The molecule has 0 spiro atoms. The van der Waals surface area contributed by atoms with Gasteiger partial charge in [0.2, 0.25) is 10.0 Å². The topological polar surface area (TPSA) is 83.0 Å². The molecule has 0 saturated heterocycles. The summed E-state index contributed by atoms with van der Waals surface area (Å²) in [6.07, 6.45) is 0. The van der Waals surface area contributed by atoms with E-state index >= 15 is 0 Å². The summed E-state index contributed by atoms with van der Waals surface area (Å²) in [5, 5.41) is 3.28. The molecule has 0 aliphatic carbocycles. The number of rotatable bonds is 9. The van der Waals surface area contributed by atoms with Gasteiger partial charge in [-0.2, -0.15) is 0 Å². The summed E-state index contributed by atoms with van der Waals surface area (Å²) >= 11 is 0. The molecule has 9 heteroatoms. The average molecular weight is 532 g/mol. The molecule has 2 N–H and O–H groups in total. The van der Waals surface area contributed by atoms with Crippen LogP contribution in [0.1, 0.15) is 11.1 Å². The molecule has 0 unspecified atom stereocenters. The van der Waals surface area contributed by atoms with E-state index in [-0.39, 0.29) is 35.4 Å². The van der Waals surface area contributed by atoms with Crippen molar-refractivity contribution in [1.29, 1.82) is 0 Å². The predicted molar refractivity (Wildman–Crippen MR) is 127 cm³/mol. The van der Waals surface area contributed by atoms with Gasteiger partial charge in [-0.05, 0) is 23.3 Å². The molecule has 0 fully saturated rings. The lowest BCUT2D eigenvalue weighted by Gasteiger charge is -2.22. The van der Waals surface area contributed by atoms with Crippen LogP contribution in [-0.4, -0.2) is 53.6 Å². The highest BCUT2D eigenvalue weighted by Gasteiger charge is 2.14. The summed E-state index contributed by atoms with van der Waals surface area (Å²) in [6.45, 7) is 1.74. The van der Waals surface area contributed by atoms with Gasteiger partial charge in [0.1, 0.15) is 0 Å². The molecule has 2 aromatic carbocycles. The highest BCUT2D eigenvalue weighted by molar-refractivity contribution is 14.0. The number of benzene rings is 2. The van der Waals surface area contributed by atoms with Crippen LogP contribution in [0.25, 0.3) is 0 Å². The maximum atomic E-state index is 12.3. The number of ether oxygens (including phenoxy) is 1. The van der Waals surface area contributed by atoms with Crippen LogP contribution in [0.2, 0.25) is 0 Å². The fraction of sp³-hybridized carbons (Fsp3) is 0.350. The van der Waals surface area contributed by atoms with Crippen molar-refractivity contribution in [1.82, 2.24) is 14.9 Å². The molecule has 2 rings (SSSR count). The van der Waals surface area contributed by atoms with Gasteiger partial charge in [0.15, 0.2) is 5.96 Å². The SMILES string of the molecule is CN=C(NCc1cccc(S(=O)(=O)NCCOC)c1)N(C)Cc1ccccc1.I. The van der Waals surface area contributed by atoms with E-state index in [2.05, 4.69) is 27.2 Å². The Morgan fingerprint density at radius 3 is 2.45 bits per heavy atom. The van der Waals surface area contributed by atoms with Crippen molar-refractivity contribution in [2.45, 2.75) is 18.0 Å². The number of halogens is 1. The Hall–Kier alpha value is -1.69. The second kappa shape index (κ2) is 12.8. The van der Waals surface area contributed by atoms with Gasteiger partial charge in [0.05, 0.1) is 11.5 Å². The van der Waals surface area contributed by atoms with Gasteiger partial charge in [-0.15, -0.1) is 24.0 Å². The van der Waals surface area contributed by atoms with Gasteiger partial charge >= 0.3 is 0 Å². The average Bonchev–Trinajstić information content (AvgIpc) is 2.69. The fourth-order valence-electron chi connectivity index (χ4n) is 2.68. The monoisotopic (exact) mass is 532 g/mol. The van der Waals surface area contributed by atoms with E-state index in [0.717, 1.165) is 18.1 Å². The Morgan fingerprint density at radius 1 is 1.10 bits per heavy atom. The Bertz CT molecular complexity index is 876. The van der Waals surface area contributed by atoms with Gasteiger partial charge in [0, 0.05) is 40.8 Å². The minimum Gasteiger partial charge on any atom is -0.383 e. The number of nitrogens with zero attached hydrogens (tertiary/aromatic N) is 2. The quantitative estimate of drug-likeness (QED) is 0.225. The van der Waals surface area contributed by atoms with E-state index in [1.807, 2.05) is 36.2 Å². The van der Waals surface area contributed by atoms with Crippen molar-refractivity contribution >= 4 is 40.0 Å². The van der Waals surface area contributed by atoms with Crippen molar-refractivity contribution < 1.29 is 13.2 Å². The summed E-state index contributed by atoms with van der Waals surface area (Å²) in [5.74, 6) is 0.732. The van der Waals surface area contributed by atoms with E-state index < -0.39 is 10.0 Å². The number of hydrogen-bond acceptors (Lipinski definition) is 4. The van der Waals surface area contributed by atoms with Crippen LogP contribution in [0, 0.1) is 0 Å². The summed E-state index contributed by atoms with van der Waals surface area (Å²) in [6, 6.07) is 17.0. The van der Waals surface area contributed by atoms with E-state index in [9.17, 15) is 8.42 Å². The van der Waals surface area contributed by atoms with Crippen LogP contribution in [-0.2, 0) is 27.8 Å². The third-order valence-corrected chi connectivity index (χ3v) is 5.55. The van der Waals surface area contributed by atoms with E-state index in [1.165, 1.54) is 12.7 Å². The third-order valence-electron chi connectivity index (χ3n) is 4.09. The third kappa shape index (κ3) is 8.29. The molecule has 2 aromatic rings. The van der Waals surface area contributed by atoms with Crippen molar-refractivity contribution in [3.05, 3.63) is 65.7 Å². The van der Waals surface area contributed by atoms with Crippen molar-refractivity contribution in [3.8, 4) is 0 Å². The molecule has 0 radical (unpaired) electrons. The first-order valence-corrected chi connectivity index (χ1v) is 10.5. The summed E-state index contributed by atoms with van der Waals surface area (Å²) in [7, 11) is 1.66. The molecule has 0 aromatic heterocycles. The predicted octanol–water partition coefficient (Wildman–Crippen LogP) is 2.44. The zero-order chi connectivity index (χ0) is 20.4. The van der Waals surface area contributed by atoms with Crippen LogP contribution < -0.4 is 10.0 Å². The standard InChI is InChI=1S/C20H28N4O3S.HI/c1-21-20(24(2)16-17-8-5-4-6-9-17)22-15-18-10-7-11-19(14-18)28(25,26)23-12-13-27-3;/h4-11,14,23H,12-13,15-16H2,1-3H3,(H,21,22);1H. The number of sulfonamides is 1. The molecule has 0 bridgehead atoms. The maximum absolute atomic E-state index is 12.3. The van der Waals surface area contributed by atoms with Gasteiger partial charge in [-0.25, -0.2) is 13.1 Å². The first kappa shape index (κ1) is 25.3.